The second-order valence-corrected chi connectivity index (χ2v) is 4.36. The molecule has 3 heteroatoms. The van der Waals surface area contributed by atoms with Crippen LogP contribution in [0.5, 0.6) is 0 Å². The monoisotopic (exact) mass is 253 g/mol. The van der Waals surface area contributed by atoms with E-state index in [4.69, 9.17) is 0 Å². The van der Waals surface area contributed by atoms with Crippen LogP contribution in [-0.2, 0) is 7.05 Å². The third kappa shape index (κ3) is 2.88. The van der Waals surface area contributed by atoms with Crippen LogP contribution < -0.4 is 5.56 Å². The summed E-state index contributed by atoms with van der Waals surface area (Å²) in [4.78, 5) is 24.0. The summed E-state index contributed by atoms with van der Waals surface area (Å²) in [5.74, 6) is -0.274. The number of aromatic nitrogens is 1. The Morgan fingerprint density at radius 3 is 2.47 bits per heavy atom. The topological polar surface area (TPSA) is 39.1 Å². The maximum absolute atomic E-state index is 12.0. The predicted octanol–water partition coefficient (Wildman–Crippen LogP) is 2.59. The van der Waals surface area contributed by atoms with E-state index in [-0.39, 0.29) is 16.9 Å². The number of carbonyl (C=O) groups is 1. The number of hydrogen-bond donors (Lipinski definition) is 0. The minimum atomic E-state index is -0.274. The number of hydrogen-bond acceptors (Lipinski definition) is 2. The molecule has 2 rings (SSSR count). The number of rotatable bonds is 3. The van der Waals surface area contributed by atoms with Gasteiger partial charge in [0.05, 0.1) is 5.56 Å². The molecule has 0 amide bonds. The highest BCUT2D eigenvalue weighted by atomic mass is 16.1. The van der Waals surface area contributed by atoms with E-state index in [9.17, 15) is 9.59 Å². The largest absolute Gasteiger partial charge is 0.315 e. The zero-order valence-electron chi connectivity index (χ0n) is 11.0. The molecule has 0 aliphatic rings. The van der Waals surface area contributed by atoms with Crippen molar-refractivity contribution in [1.82, 2.24) is 4.57 Å². The zero-order valence-corrected chi connectivity index (χ0v) is 11.0. The van der Waals surface area contributed by atoms with Crippen LogP contribution in [0.1, 0.15) is 21.6 Å². The molecule has 1 aromatic carbocycles. The van der Waals surface area contributed by atoms with E-state index in [0.717, 1.165) is 11.3 Å². The van der Waals surface area contributed by atoms with Gasteiger partial charge in [-0.05, 0) is 30.7 Å². The van der Waals surface area contributed by atoms with Gasteiger partial charge in [0.15, 0.2) is 5.78 Å². The lowest BCUT2D eigenvalue weighted by Gasteiger charge is -2.04. The van der Waals surface area contributed by atoms with Gasteiger partial charge < -0.3 is 4.57 Å². The Balaban J connectivity index is 2.29. The van der Waals surface area contributed by atoms with Gasteiger partial charge in [-0.15, -0.1) is 0 Å². The van der Waals surface area contributed by atoms with Crippen molar-refractivity contribution in [2.75, 3.05) is 0 Å². The fourth-order valence-electron chi connectivity index (χ4n) is 1.74. The summed E-state index contributed by atoms with van der Waals surface area (Å²) in [6.07, 6.45) is 3.14. The molecule has 19 heavy (non-hydrogen) atoms. The smallest absolute Gasteiger partial charge is 0.261 e. The minimum absolute atomic E-state index is 0.195. The van der Waals surface area contributed by atoms with Gasteiger partial charge in [0, 0.05) is 12.7 Å². The average molecular weight is 253 g/mol. The van der Waals surface area contributed by atoms with E-state index >= 15 is 0 Å². The lowest BCUT2D eigenvalue weighted by atomic mass is 10.1. The number of allylic oxidation sites excluding steroid dienone is 1. The molecular weight excluding hydrogens is 238 g/mol. The van der Waals surface area contributed by atoms with Crippen molar-refractivity contribution >= 4 is 11.9 Å². The van der Waals surface area contributed by atoms with Gasteiger partial charge in [0.1, 0.15) is 0 Å². The summed E-state index contributed by atoms with van der Waals surface area (Å²) in [5, 5.41) is 0. The quantitative estimate of drug-likeness (QED) is 0.623. The van der Waals surface area contributed by atoms with Crippen molar-refractivity contribution in [2.45, 2.75) is 6.92 Å². The van der Waals surface area contributed by atoms with Crippen molar-refractivity contribution in [3.8, 4) is 0 Å². The minimum Gasteiger partial charge on any atom is -0.315 e. The first kappa shape index (κ1) is 13.0. The lowest BCUT2D eigenvalue weighted by molar-refractivity contribution is 0.104. The van der Waals surface area contributed by atoms with Crippen molar-refractivity contribution in [3.05, 3.63) is 75.7 Å². The van der Waals surface area contributed by atoms with E-state index in [1.165, 1.54) is 10.6 Å². The Hall–Kier alpha value is -2.42. The molecule has 1 heterocycles. The summed E-state index contributed by atoms with van der Waals surface area (Å²) in [6.45, 7) is 1.83. The number of benzene rings is 1. The molecule has 0 aliphatic carbocycles. The molecule has 2 aromatic rings. The molecule has 1 aromatic heterocycles. The SMILES string of the molecule is Cc1ccc(C(=O)C=Cc2ccccc2)c(=O)n1C. The molecule has 3 nitrogen and oxygen atoms in total. The molecular formula is C16H15NO2. The molecule has 0 radical (unpaired) electrons. The van der Waals surface area contributed by atoms with Crippen LogP contribution in [0.15, 0.2) is 53.3 Å². The predicted molar refractivity (Wildman–Crippen MR) is 76.2 cm³/mol. The second kappa shape index (κ2) is 5.48. The Bertz CT molecular complexity index is 682. The van der Waals surface area contributed by atoms with Gasteiger partial charge in [0.2, 0.25) is 0 Å². The third-order valence-electron chi connectivity index (χ3n) is 3.05. The molecule has 0 atom stereocenters. The Labute approximate surface area is 111 Å². The standard InChI is InChI=1S/C16H15NO2/c1-12-8-10-14(16(19)17(12)2)15(18)11-9-13-6-4-3-5-7-13/h3-11H,1-2H3. The Morgan fingerprint density at radius 1 is 1.11 bits per heavy atom. The molecule has 0 saturated heterocycles. The summed E-state index contributed by atoms with van der Waals surface area (Å²) >= 11 is 0. The maximum atomic E-state index is 12.0. The fourth-order valence-corrected chi connectivity index (χ4v) is 1.74. The second-order valence-electron chi connectivity index (χ2n) is 4.36. The first-order valence-corrected chi connectivity index (χ1v) is 6.03. The van der Waals surface area contributed by atoms with Crippen LogP contribution in [0.3, 0.4) is 0 Å². The van der Waals surface area contributed by atoms with Crippen molar-refractivity contribution in [1.29, 1.82) is 0 Å². The average Bonchev–Trinajstić information content (AvgIpc) is 2.43. The molecule has 0 unspecified atom stereocenters. The highest BCUT2D eigenvalue weighted by Crippen LogP contribution is 2.04. The van der Waals surface area contributed by atoms with Gasteiger partial charge >= 0.3 is 0 Å². The maximum Gasteiger partial charge on any atom is 0.261 e. The number of aryl methyl sites for hydroxylation is 1. The lowest BCUT2D eigenvalue weighted by Crippen LogP contribution is -2.24. The molecule has 0 fully saturated rings. The number of ketones is 1. The van der Waals surface area contributed by atoms with E-state index in [0.29, 0.717) is 0 Å². The first-order valence-electron chi connectivity index (χ1n) is 6.03. The summed E-state index contributed by atoms with van der Waals surface area (Å²) in [5.41, 5.74) is 1.69. The van der Waals surface area contributed by atoms with Gasteiger partial charge in [-0.25, -0.2) is 0 Å². The van der Waals surface area contributed by atoms with E-state index < -0.39 is 0 Å². The number of nitrogens with zero attached hydrogens (tertiary/aromatic N) is 1. The molecule has 0 saturated carbocycles. The zero-order chi connectivity index (χ0) is 13.8. The van der Waals surface area contributed by atoms with Gasteiger partial charge in [-0.1, -0.05) is 36.4 Å². The number of pyridine rings is 1. The molecule has 96 valence electrons. The Kier molecular flexibility index (Phi) is 3.76. The normalized spacial score (nSPS) is 10.8. The Morgan fingerprint density at radius 2 is 1.79 bits per heavy atom. The van der Waals surface area contributed by atoms with Gasteiger partial charge in [0.25, 0.3) is 5.56 Å². The van der Waals surface area contributed by atoms with Gasteiger partial charge in [-0.3, -0.25) is 9.59 Å². The fraction of sp³-hybridized carbons (Fsp3) is 0.125. The van der Waals surface area contributed by atoms with Crippen LogP contribution in [0, 0.1) is 6.92 Å². The van der Waals surface area contributed by atoms with E-state index in [1.54, 1.807) is 25.3 Å². The van der Waals surface area contributed by atoms with Crippen LogP contribution in [0.4, 0.5) is 0 Å². The van der Waals surface area contributed by atoms with E-state index in [1.807, 2.05) is 37.3 Å². The first-order chi connectivity index (χ1) is 9.09. The van der Waals surface area contributed by atoms with Crippen LogP contribution >= 0.6 is 0 Å². The van der Waals surface area contributed by atoms with Crippen LogP contribution in [0.25, 0.3) is 6.08 Å². The van der Waals surface area contributed by atoms with E-state index in [2.05, 4.69) is 0 Å². The summed E-state index contributed by atoms with van der Waals surface area (Å²) < 4.78 is 1.48. The number of carbonyl (C=O) groups excluding carboxylic acids is 1. The third-order valence-corrected chi connectivity index (χ3v) is 3.05. The molecule has 0 N–H and O–H groups in total. The van der Waals surface area contributed by atoms with Gasteiger partial charge in [-0.2, -0.15) is 0 Å². The van der Waals surface area contributed by atoms with Crippen LogP contribution in [-0.4, -0.2) is 10.4 Å². The molecule has 0 spiro atoms. The highest BCUT2D eigenvalue weighted by Gasteiger charge is 2.09. The molecule has 0 bridgehead atoms. The molecule has 0 aliphatic heterocycles. The van der Waals surface area contributed by atoms with Crippen molar-refractivity contribution in [3.63, 3.8) is 0 Å². The van der Waals surface area contributed by atoms with Crippen LogP contribution in [0.2, 0.25) is 0 Å². The summed E-state index contributed by atoms with van der Waals surface area (Å²) in [6, 6.07) is 12.9. The van der Waals surface area contributed by atoms with Crippen molar-refractivity contribution < 1.29 is 4.79 Å². The van der Waals surface area contributed by atoms with Crippen molar-refractivity contribution in [2.24, 2.45) is 7.05 Å². The summed E-state index contributed by atoms with van der Waals surface area (Å²) in [7, 11) is 1.66. The highest BCUT2D eigenvalue weighted by molar-refractivity contribution is 6.06.